The van der Waals surface area contributed by atoms with Gasteiger partial charge in [0.05, 0.1) is 21.4 Å². The lowest BCUT2D eigenvalue weighted by Gasteiger charge is -2.10. The number of aryl methyl sites for hydroxylation is 2. The van der Waals surface area contributed by atoms with Crippen molar-refractivity contribution in [2.24, 2.45) is 0 Å². The number of carbonyl (C=O) groups is 2. The molecule has 0 aromatic heterocycles. The molecule has 0 atom stereocenters. The zero-order valence-corrected chi connectivity index (χ0v) is 17.0. The molecule has 2 aromatic rings. The quantitative estimate of drug-likeness (QED) is 0.746. The molecular weight excluding hydrogens is 400 g/mol. The van der Waals surface area contributed by atoms with Gasteiger partial charge in [-0.05, 0) is 60.7 Å². The highest BCUT2D eigenvalue weighted by molar-refractivity contribution is 7.91. The summed E-state index contributed by atoms with van der Waals surface area (Å²) in [5.74, 6) is -0.956. The Hall–Kier alpha value is -2.38. The van der Waals surface area contributed by atoms with Crippen molar-refractivity contribution in [1.82, 2.24) is 0 Å². The van der Waals surface area contributed by atoms with Crippen molar-refractivity contribution in [3.05, 3.63) is 52.5 Å². The molecule has 1 aliphatic carbocycles. The Morgan fingerprint density at radius 3 is 2.50 bits per heavy atom. The molecule has 0 unspecified atom stereocenters. The second-order valence-electron chi connectivity index (χ2n) is 6.78. The molecule has 0 aliphatic heterocycles. The second kappa shape index (κ2) is 8.32. The minimum Gasteiger partial charge on any atom is -0.326 e. The maximum absolute atomic E-state index is 12.6. The maximum atomic E-state index is 12.6. The van der Waals surface area contributed by atoms with E-state index in [0.717, 1.165) is 24.8 Å². The third-order valence-electron chi connectivity index (χ3n) is 4.59. The van der Waals surface area contributed by atoms with Crippen molar-refractivity contribution >= 4 is 44.6 Å². The Balaban J connectivity index is 1.61. The van der Waals surface area contributed by atoms with Crippen LogP contribution in [0.2, 0.25) is 5.02 Å². The van der Waals surface area contributed by atoms with Gasteiger partial charge < -0.3 is 10.6 Å². The fourth-order valence-electron chi connectivity index (χ4n) is 3.20. The largest absolute Gasteiger partial charge is 0.326 e. The molecule has 148 valence electrons. The molecule has 0 fully saturated rings. The second-order valence-corrected chi connectivity index (χ2v) is 9.29. The van der Waals surface area contributed by atoms with Gasteiger partial charge in [0.25, 0.3) is 0 Å². The Kier molecular flexibility index (Phi) is 6.05. The Morgan fingerprint density at radius 2 is 1.79 bits per heavy atom. The molecule has 1 aliphatic rings. The van der Waals surface area contributed by atoms with Gasteiger partial charge in [0.1, 0.15) is 0 Å². The first-order valence-corrected chi connectivity index (χ1v) is 11.0. The first-order chi connectivity index (χ1) is 13.2. The summed E-state index contributed by atoms with van der Waals surface area (Å²) < 4.78 is 25.1. The Labute approximate surface area is 169 Å². The van der Waals surface area contributed by atoms with E-state index in [1.54, 1.807) is 24.3 Å². The number of benzene rings is 2. The zero-order valence-electron chi connectivity index (χ0n) is 15.4. The average molecular weight is 421 g/mol. The normalized spacial score (nSPS) is 13.1. The van der Waals surface area contributed by atoms with Gasteiger partial charge in [-0.2, -0.15) is 0 Å². The van der Waals surface area contributed by atoms with Crippen molar-refractivity contribution < 1.29 is 18.0 Å². The van der Waals surface area contributed by atoms with E-state index in [9.17, 15) is 18.0 Å². The van der Waals surface area contributed by atoms with Crippen LogP contribution >= 0.6 is 11.6 Å². The van der Waals surface area contributed by atoms with Crippen molar-refractivity contribution in [1.29, 1.82) is 0 Å². The molecule has 2 amide bonds. The van der Waals surface area contributed by atoms with Crippen LogP contribution in [0.1, 0.15) is 30.9 Å². The van der Waals surface area contributed by atoms with Gasteiger partial charge in [-0.3, -0.25) is 9.59 Å². The van der Waals surface area contributed by atoms with Gasteiger partial charge in [-0.1, -0.05) is 17.7 Å². The van der Waals surface area contributed by atoms with Crippen LogP contribution < -0.4 is 10.6 Å². The van der Waals surface area contributed by atoms with E-state index in [1.165, 1.54) is 18.6 Å². The molecule has 0 saturated heterocycles. The fourth-order valence-corrected chi connectivity index (χ4v) is 4.71. The van der Waals surface area contributed by atoms with Gasteiger partial charge in [-0.15, -0.1) is 0 Å². The summed E-state index contributed by atoms with van der Waals surface area (Å²) in [6.45, 7) is 1.38. The van der Waals surface area contributed by atoms with Crippen LogP contribution in [0, 0.1) is 0 Å². The highest BCUT2D eigenvalue weighted by Gasteiger charge is 2.20. The molecule has 8 heteroatoms. The molecule has 3 rings (SSSR count). The number of hydrogen-bond acceptors (Lipinski definition) is 4. The summed E-state index contributed by atoms with van der Waals surface area (Å²) in [5.41, 5.74) is 3.15. The van der Waals surface area contributed by atoms with Gasteiger partial charge in [0.2, 0.25) is 11.8 Å². The lowest BCUT2D eigenvalue weighted by Crippen LogP contribution is -2.18. The number of rotatable bonds is 6. The number of anilines is 2. The van der Waals surface area contributed by atoms with Crippen molar-refractivity contribution in [2.75, 3.05) is 16.4 Å². The molecule has 28 heavy (non-hydrogen) atoms. The van der Waals surface area contributed by atoms with Gasteiger partial charge in [0, 0.05) is 19.0 Å². The number of sulfone groups is 1. The smallest absolute Gasteiger partial charge is 0.225 e. The van der Waals surface area contributed by atoms with E-state index < -0.39 is 15.7 Å². The number of carbonyl (C=O) groups excluding carboxylic acids is 2. The van der Waals surface area contributed by atoms with E-state index in [0.29, 0.717) is 11.4 Å². The third kappa shape index (κ3) is 4.91. The highest BCUT2D eigenvalue weighted by Crippen LogP contribution is 2.27. The number of fused-ring (bicyclic) bond motifs is 1. The van der Waals surface area contributed by atoms with Crippen LogP contribution in [-0.4, -0.2) is 26.0 Å². The number of nitrogens with one attached hydrogen (secondary N) is 2. The number of halogens is 1. The van der Waals surface area contributed by atoms with Gasteiger partial charge in [0.15, 0.2) is 9.84 Å². The predicted octanol–water partition coefficient (Wildman–Crippen LogP) is 3.59. The number of amides is 2. The average Bonchev–Trinajstić information content (AvgIpc) is 3.10. The minimum atomic E-state index is -3.54. The van der Waals surface area contributed by atoms with E-state index in [1.807, 2.05) is 6.07 Å². The summed E-state index contributed by atoms with van der Waals surface area (Å²) in [7, 11) is -3.54. The summed E-state index contributed by atoms with van der Waals surface area (Å²) in [5, 5.41) is 5.45. The fraction of sp³-hybridized carbons (Fsp3) is 0.300. The lowest BCUT2D eigenvalue weighted by atomic mass is 10.1. The van der Waals surface area contributed by atoms with Gasteiger partial charge in [-0.25, -0.2) is 8.42 Å². The minimum absolute atomic E-state index is 0.177. The monoisotopic (exact) mass is 420 g/mol. The van der Waals surface area contributed by atoms with Crippen LogP contribution in [0.15, 0.2) is 41.3 Å². The Morgan fingerprint density at radius 1 is 1.04 bits per heavy atom. The molecule has 0 radical (unpaired) electrons. The molecular formula is C20H21ClN2O4S. The number of hydrogen-bond donors (Lipinski definition) is 2. The van der Waals surface area contributed by atoms with Crippen LogP contribution in [0.4, 0.5) is 11.4 Å². The van der Waals surface area contributed by atoms with Crippen molar-refractivity contribution in [3.63, 3.8) is 0 Å². The molecule has 2 N–H and O–H groups in total. The summed E-state index contributed by atoms with van der Waals surface area (Å²) in [6.07, 6.45) is 2.75. The van der Waals surface area contributed by atoms with Crippen LogP contribution in [-0.2, 0) is 32.3 Å². The predicted molar refractivity (Wildman–Crippen MR) is 110 cm³/mol. The van der Waals surface area contributed by atoms with Crippen LogP contribution in [0.3, 0.4) is 0 Å². The van der Waals surface area contributed by atoms with Crippen molar-refractivity contribution in [3.8, 4) is 0 Å². The Bertz CT molecular complexity index is 1030. The summed E-state index contributed by atoms with van der Waals surface area (Å²) >= 11 is 6.11. The van der Waals surface area contributed by atoms with E-state index in [-0.39, 0.29) is 28.0 Å². The topological polar surface area (TPSA) is 92.3 Å². The van der Waals surface area contributed by atoms with Gasteiger partial charge >= 0.3 is 0 Å². The highest BCUT2D eigenvalue weighted by atomic mass is 35.5. The standard InChI is InChI=1S/C20H21ClN2O4S/c1-13(24)22-16-6-8-19(18(21)12-16)23-20(25)9-10-28(26,27)17-7-5-14-3-2-4-15(14)11-17/h5-8,11-12H,2-4,9-10H2,1H3,(H,22,24)(H,23,25). The summed E-state index contributed by atoms with van der Waals surface area (Å²) in [6, 6.07) is 9.89. The molecule has 0 bridgehead atoms. The lowest BCUT2D eigenvalue weighted by molar-refractivity contribution is -0.116. The van der Waals surface area contributed by atoms with Crippen LogP contribution in [0.25, 0.3) is 0 Å². The summed E-state index contributed by atoms with van der Waals surface area (Å²) in [4.78, 5) is 23.5. The zero-order chi connectivity index (χ0) is 20.3. The third-order valence-corrected chi connectivity index (χ3v) is 6.62. The van der Waals surface area contributed by atoms with E-state index in [2.05, 4.69) is 10.6 Å². The molecule has 6 nitrogen and oxygen atoms in total. The molecule has 0 spiro atoms. The van der Waals surface area contributed by atoms with E-state index in [4.69, 9.17) is 11.6 Å². The van der Waals surface area contributed by atoms with Crippen LogP contribution in [0.5, 0.6) is 0 Å². The van der Waals surface area contributed by atoms with E-state index >= 15 is 0 Å². The SMILES string of the molecule is CC(=O)Nc1ccc(NC(=O)CCS(=O)(=O)c2ccc3c(c2)CCC3)c(Cl)c1. The molecule has 0 saturated carbocycles. The molecule has 2 aromatic carbocycles. The first-order valence-electron chi connectivity index (χ1n) is 8.96. The maximum Gasteiger partial charge on any atom is 0.225 e. The first kappa shape index (κ1) is 20.4. The molecule has 0 heterocycles. The van der Waals surface area contributed by atoms with Crippen molar-refractivity contribution in [2.45, 2.75) is 37.5 Å².